The maximum atomic E-state index is 12.7. The van der Waals surface area contributed by atoms with Crippen molar-refractivity contribution in [1.82, 2.24) is 14.8 Å². The number of methoxy groups -OCH3 is 1. The first-order valence-electron chi connectivity index (χ1n) is 6.85. The van der Waals surface area contributed by atoms with Crippen LogP contribution >= 0.6 is 11.6 Å². The van der Waals surface area contributed by atoms with E-state index in [0.29, 0.717) is 39.5 Å². The predicted molar refractivity (Wildman–Crippen MR) is 84.6 cm³/mol. The molecule has 112 valence electrons. The lowest BCUT2D eigenvalue weighted by Crippen LogP contribution is -2.06. The Morgan fingerprint density at radius 3 is 2.77 bits per heavy atom. The van der Waals surface area contributed by atoms with E-state index in [2.05, 4.69) is 10.1 Å². The highest BCUT2D eigenvalue weighted by molar-refractivity contribution is 6.39. The number of carbonyl (C=O) groups is 1. The summed E-state index contributed by atoms with van der Waals surface area (Å²) in [4.78, 5) is 17.1. The van der Waals surface area contributed by atoms with E-state index < -0.39 is 0 Å². The van der Waals surface area contributed by atoms with Crippen LogP contribution in [0.3, 0.4) is 0 Å². The number of ether oxygens (including phenoxy) is 1. The molecule has 3 rings (SSSR count). The summed E-state index contributed by atoms with van der Waals surface area (Å²) in [5.41, 5.74) is 1.47. The number of aromatic nitrogens is 3. The molecule has 6 heteroatoms. The molecule has 5 nitrogen and oxygen atoms in total. The molecule has 0 amide bonds. The van der Waals surface area contributed by atoms with E-state index in [9.17, 15) is 4.79 Å². The van der Waals surface area contributed by atoms with E-state index in [1.807, 2.05) is 13.0 Å². The molecule has 0 aliphatic carbocycles. The van der Waals surface area contributed by atoms with Gasteiger partial charge in [-0.1, -0.05) is 23.7 Å². The van der Waals surface area contributed by atoms with E-state index in [-0.39, 0.29) is 5.78 Å². The quantitative estimate of drug-likeness (QED) is 0.693. The Kier molecular flexibility index (Phi) is 3.81. The average Bonchev–Trinajstić information content (AvgIpc) is 2.98. The molecule has 0 bridgehead atoms. The number of fused-ring (bicyclic) bond motifs is 1. The monoisotopic (exact) mass is 315 g/mol. The van der Waals surface area contributed by atoms with Gasteiger partial charge in [-0.25, -0.2) is 9.67 Å². The lowest BCUT2D eigenvalue weighted by atomic mass is 10.0. The number of halogens is 1. The molecule has 0 unspecified atom stereocenters. The highest BCUT2D eigenvalue weighted by Crippen LogP contribution is 2.29. The van der Waals surface area contributed by atoms with E-state index in [1.165, 1.54) is 13.3 Å². The zero-order valence-corrected chi connectivity index (χ0v) is 13.0. The number of hydrogen-bond donors (Lipinski definition) is 0. The summed E-state index contributed by atoms with van der Waals surface area (Å²) in [6.07, 6.45) is 3.13. The number of rotatable bonds is 4. The third-order valence-corrected chi connectivity index (χ3v) is 3.90. The van der Waals surface area contributed by atoms with Gasteiger partial charge < -0.3 is 4.74 Å². The van der Waals surface area contributed by atoms with Crippen LogP contribution in [0.25, 0.3) is 11.0 Å². The Bertz CT molecular complexity index is 858. The zero-order chi connectivity index (χ0) is 15.7. The molecule has 0 atom stereocenters. The second-order valence-electron chi connectivity index (χ2n) is 4.71. The Hall–Kier alpha value is -2.40. The standard InChI is InChI=1S/C16H14ClN3O2/c1-3-20-16-12(9-19-20)14(17)11(8-18-16)15(21)10-6-4-5-7-13(10)22-2/h4-9H,3H2,1-2H3. The molecule has 2 heterocycles. The van der Waals surface area contributed by atoms with Crippen LogP contribution in [0.2, 0.25) is 5.02 Å². The van der Waals surface area contributed by atoms with Crippen LogP contribution in [-0.2, 0) is 6.54 Å². The van der Waals surface area contributed by atoms with Gasteiger partial charge in [0, 0.05) is 12.7 Å². The smallest absolute Gasteiger partial charge is 0.199 e. The maximum Gasteiger partial charge on any atom is 0.199 e. The fourth-order valence-corrected chi connectivity index (χ4v) is 2.63. The highest BCUT2D eigenvalue weighted by atomic mass is 35.5. The minimum Gasteiger partial charge on any atom is -0.496 e. The SMILES string of the molecule is CCn1ncc2c(Cl)c(C(=O)c3ccccc3OC)cnc21. The molecule has 2 aromatic heterocycles. The second kappa shape index (κ2) is 5.77. The topological polar surface area (TPSA) is 57.0 Å². The number of ketones is 1. The van der Waals surface area contributed by atoms with Crippen LogP contribution < -0.4 is 4.74 Å². The van der Waals surface area contributed by atoms with E-state index in [4.69, 9.17) is 16.3 Å². The molecule has 0 fully saturated rings. The minimum atomic E-state index is -0.221. The average molecular weight is 316 g/mol. The molecule has 22 heavy (non-hydrogen) atoms. The normalized spacial score (nSPS) is 10.9. The number of benzene rings is 1. The van der Waals surface area contributed by atoms with Crippen LogP contribution in [0, 0.1) is 0 Å². The van der Waals surface area contributed by atoms with E-state index >= 15 is 0 Å². The lowest BCUT2D eigenvalue weighted by molar-refractivity contribution is 0.103. The van der Waals surface area contributed by atoms with Gasteiger partial charge in [0.25, 0.3) is 0 Å². The number of hydrogen-bond acceptors (Lipinski definition) is 4. The molecule has 0 aliphatic heterocycles. The summed E-state index contributed by atoms with van der Waals surface area (Å²) in [6.45, 7) is 2.66. The van der Waals surface area contributed by atoms with Crippen molar-refractivity contribution in [3.05, 3.63) is 52.8 Å². The maximum absolute atomic E-state index is 12.7. The van der Waals surface area contributed by atoms with Crippen LogP contribution in [0.4, 0.5) is 0 Å². The molecular weight excluding hydrogens is 302 g/mol. The van der Waals surface area contributed by atoms with Crippen molar-refractivity contribution in [1.29, 1.82) is 0 Å². The van der Waals surface area contributed by atoms with Gasteiger partial charge in [-0.2, -0.15) is 5.10 Å². The van der Waals surface area contributed by atoms with Crippen molar-refractivity contribution in [2.45, 2.75) is 13.5 Å². The fraction of sp³-hybridized carbons (Fsp3) is 0.188. The summed E-state index contributed by atoms with van der Waals surface area (Å²) >= 11 is 6.40. The van der Waals surface area contributed by atoms with Crippen LogP contribution in [0.15, 0.2) is 36.7 Å². The number of pyridine rings is 1. The van der Waals surface area contributed by atoms with Gasteiger partial charge in [0.05, 0.1) is 34.8 Å². The van der Waals surface area contributed by atoms with Crippen molar-refractivity contribution in [2.24, 2.45) is 0 Å². The Morgan fingerprint density at radius 2 is 2.05 bits per heavy atom. The van der Waals surface area contributed by atoms with Crippen molar-refractivity contribution < 1.29 is 9.53 Å². The summed E-state index contributed by atoms with van der Waals surface area (Å²) in [7, 11) is 1.53. The molecule has 0 saturated heterocycles. The van der Waals surface area contributed by atoms with Gasteiger partial charge in [-0.15, -0.1) is 0 Å². The number of carbonyl (C=O) groups excluding carboxylic acids is 1. The van der Waals surface area contributed by atoms with Crippen molar-refractivity contribution in [3.8, 4) is 5.75 Å². The number of para-hydroxylation sites is 1. The van der Waals surface area contributed by atoms with Crippen LogP contribution in [0.1, 0.15) is 22.8 Å². The summed E-state index contributed by atoms with van der Waals surface area (Å²) in [5.74, 6) is 0.286. The predicted octanol–water partition coefficient (Wildman–Crippen LogP) is 3.34. The Labute approximate surface area is 132 Å². The minimum absolute atomic E-state index is 0.221. The summed E-state index contributed by atoms with van der Waals surface area (Å²) in [5, 5.41) is 5.25. The molecule has 0 aliphatic rings. The van der Waals surface area contributed by atoms with Crippen molar-refractivity contribution in [3.63, 3.8) is 0 Å². The molecule has 0 radical (unpaired) electrons. The molecule has 3 aromatic rings. The van der Waals surface area contributed by atoms with Gasteiger partial charge in [-0.05, 0) is 19.1 Å². The van der Waals surface area contributed by atoms with Gasteiger partial charge in [0.2, 0.25) is 0 Å². The van der Waals surface area contributed by atoms with E-state index in [1.54, 1.807) is 29.1 Å². The van der Waals surface area contributed by atoms with Gasteiger partial charge in [-0.3, -0.25) is 4.79 Å². The van der Waals surface area contributed by atoms with Gasteiger partial charge in [0.1, 0.15) is 5.75 Å². The highest BCUT2D eigenvalue weighted by Gasteiger charge is 2.20. The lowest BCUT2D eigenvalue weighted by Gasteiger charge is -2.08. The molecule has 1 aromatic carbocycles. The van der Waals surface area contributed by atoms with Gasteiger partial charge >= 0.3 is 0 Å². The summed E-state index contributed by atoms with van der Waals surface area (Å²) < 4.78 is 6.97. The largest absolute Gasteiger partial charge is 0.496 e. The van der Waals surface area contributed by atoms with Crippen LogP contribution in [0.5, 0.6) is 5.75 Å². The zero-order valence-electron chi connectivity index (χ0n) is 12.2. The number of nitrogens with zero attached hydrogens (tertiary/aromatic N) is 3. The van der Waals surface area contributed by atoms with Crippen molar-refractivity contribution >= 4 is 28.4 Å². The van der Waals surface area contributed by atoms with Gasteiger partial charge in [0.15, 0.2) is 11.4 Å². The summed E-state index contributed by atoms with van der Waals surface area (Å²) in [6, 6.07) is 7.04. The molecule has 0 spiro atoms. The third-order valence-electron chi connectivity index (χ3n) is 3.50. The second-order valence-corrected chi connectivity index (χ2v) is 5.09. The van der Waals surface area contributed by atoms with Crippen LogP contribution in [-0.4, -0.2) is 27.7 Å². The Balaban J connectivity index is 2.14. The first-order valence-corrected chi connectivity index (χ1v) is 7.23. The van der Waals surface area contributed by atoms with E-state index in [0.717, 1.165) is 0 Å². The third kappa shape index (κ3) is 2.23. The molecule has 0 saturated carbocycles. The molecular formula is C16H14ClN3O2. The molecule has 0 N–H and O–H groups in total. The number of aryl methyl sites for hydroxylation is 1. The first kappa shape index (κ1) is 14.5. The Morgan fingerprint density at radius 1 is 1.27 bits per heavy atom. The van der Waals surface area contributed by atoms with Crippen molar-refractivity contribution in [2.75, 3.05) is 7.11 Å². The first-order chi connectivity index (χ1) is 10.7. The fourth-order valence-electron chi connectivity index (χ4n) is 2.36.